The summed E-state index contributed by atoms with van der Waals surface area (Å²) in [6, 6.07) is 0.0325. The van der Waals surface area contributed by atoms with E-state index >= 15 is 0 Å². The molecule has 0 amide bonds. The van der Waals surface area contributed by atoms with Crippen molar-refractivity contribution in [3.8, 4) is 0 Å². The number of aromatic nitrogens is 3. The minimum Gasteiger partial charge on any atom is -0.342 e. The third-order valence-electron chi connectivity index (χ3n) is 4.19. The molecule has 1 aromatic rings. The molecule has 2 heterocycles. The van der Waals surface area contributed by atoms with E-state index in [0.717, 1.165) is 51.6 Å². The molecule has 1 aliphatic heterocycles. The van der Waals surface area contributed by atoms with E-state index in [4.69, 9.17) is 0 Å². The van der Waals surface area contributed by atoms with Gasteiger partial charge in [-0.2, -0.15) is 4.98 Å². The highest BCUT2D eigenvalue weighted by Crippen LogP contribution is 2.25. The molecule has 6 heteroatoms. The molecule has 0 aromatic carbocycles. The lowest BCUT2D eigenvalue weighted by Crippen LogP contribution is -2.42. The summed E-state index contributed by atoms with van der Waals surface area (Å²) in [5.74, 6) is 0.444. The fraction of sp³-hybridized carbons (Fsp3) is 0.769. The van der Waals surface area contributed by atoms with E-state index in [0.29, 0.717) is 5.95 Å². The summed E-state index contributed by atoms with van der Waals surface area (Å²) in [6.07, 6.45) is 7.38. The Labute approximate surface area is 111 Å². The van der Waals surface area contributed by atoms with Crippen molar-refractivity contribution in [2.24, 2.45) is 0 Å². The number of anilines is 1. The Kier molecular flexibility index (Phi) is 3.40. The van der Waals surface area contributed by atoms with Crippen LogP contribution in [0.4, 0.5) is 5.95 Å². The molecule has 0 bridgehead atoms. The third-order valence-corrected chi connectivity index (χ3v) is 4.19. The number of nitrogens with zero attached hydrogens (tertiary/aromatic N) is 3. The summed E-state index contributed by atoms with van der Waals surface area (Å²) in [6.45, 7) is 1.74. The van der Waals surface area contributed by atoms with Gasteiger partial charge in [-0.25, -0.2) is 14.2 Å². The summed E-state index contributed by atoms with van der Waals surface area (Å²) in [7, 11) is 0. The molecule has 1 aromatic heterocycles. The lowest BCUT2D eigenvalue weighted by molar-refractivity contribution is 0.331. The molecule has 104 valence electrons. The van der Waals surface area contributed by atoms with Gasteiger partial charge in [-0.05, 0) is 25.7 Å². The lowest BCUT2D eigenvalue weighted by atomic mass is 9.95. The van der Waals surface area contributed by atoms with Gasteiger partial charge in [0, 0.05) is 19.1 Å². The van der Waals surface area contributed by atoms with Gasteiger partial charge >= 0.3 is 11.4 Å². The second-order valence-electron chi connectivity index (χ2n) is 5.50. The average Bonchev–Trinajstić information content (AvgIpc) is 2.93. The van der Waals surface area contributed by atoms with Crippen molar-refractivity contribution in [3.63, 3.8) is 0 Å². The standard InChI is InChI=1S/C13H20N4O2/c18-12-14-11(16-8-4-5-9-16)15-13(19)17(12)10-6-2-1-3-7-10/h10H,1-9H2,(H,14,15,18,19). The number of hydrogen-bond acceptors (Lipinski definition) is 4. The van der Waals surface area contributed by atoms with E-state index in [1.165, 1.54) is 11.0 Å². The van der Waals surface area contributed by atoms with E-state index in [1.807, 2.05) is 4.90 Å². The Hall–Kier alpha value is -1.59. The van der Waals surface area contributed by atoms with Crippen LogP contribution in [-0.2, 0) is 0 Å². The van der Waals surface area contributed by atoms with Crippen molar-refractivity contribution in [1.29, 1.82) is 0 Å². The molecular formula is C13H20N4O2. The lowest BCUT2D eigenvalue weighted by Gasteiger charge is -2.23. The molecule has 0 atom stereocenters. The Morgan fingerprint density at radius 3 is 2.32 bits per heavy atom. The summed E-state index contributed by atoms with van der Waals surface area (Å²) >= 11 is 0. The molecule has 1 saturated heterocycles. The van der Waals surface area contributed by atoms with E-state index in [-0.39, 0.29) is 11.7 Å². The number of hydrogen-bond donors (Lipinski definition) is 1. The smallest absolute Gasteiger partial charge is 0.342 e. The second kappa shape index (κ2) is 5.19. The predicted molar refractivity (Wildman–Crippen MR) is 72.7 cm³/mol. The first-order valence-electron chi connectivity index (χ1n) is 7.23. The van der Waals surface area contributed by atoms with E-state index in [9.17, 15) is 9.59 Å². The quantitative estimate of drug-likeness (QED) is 0.866. The van der Waals surface area contributed by atoms with Crippen LogP contribution in [0.3, 0.4) is 0 Å². The van der Waals surface area contributed by atoms with Crippen molar-refractivity contribution in [2.75, 3.05) is 18.0 Å². The van der Waals surface area contributed by atoms with Crippen molar-refractivity contribution in [1.82, 2.24) is 14.5 Å². The highest BCUT2D eigenvalue weighted by atomic mass is 16.2. The van der Waals surface area contributed by atoms with Gasteiger partial charge in [0.05, 0.1) is 0 Å². The van der Waals surface area contributed by atoms with E-state index in [1.54, 1.807) is 0 Å². The first kappa shape index (κ1) is 12.4. The molecule has 19 heavy (non-hydrogen) atoms. The van der Waals surface area contributed by atoms with Crippen molar-refractivity contribution in [2.45, 2.75) is 51.0 Å². The van der Waals surface area contributed by atoms with Crippen LogP contribution in [0.2, 0.25) is 0 Å². The van der Waals surface area contributed by atoms with Crippen LogP contribution in [0.15, 0.2) is 9.59 Å². The van der Waals surface area contributed by atoms with Gasteiger partial charge in [-0.3, -0.25) is 4.98 Å². The van der Waals surface area contributed by atoms with Crippen LogP contribution >= 0.6 is 0 Å². The van der Waals surface area contributed by atoms with Crippen LogP contribution in [0.25, 0.3) is 0 Å². The topological polar surface area (TPSA) is 71.0 Å². The van der Waals surface area contributed by atoms with Gasteiger partial charge in [0.1, 0.15) is 0 Å². The molecule has 1 saturated carbocycles. The molecule has 0 spiro atoms. The van der Waals surface area contributed by atoms with Gasteiger partial charge < -0.3 is 4.90 Å². The largest absolute Gasteiger partial charge is 0.355 e. The Balaban J connectivity index is 1.93. The second-order valence-corrected chi connectivity index (χ2v) is 5.50. The minimum absolute atomic E-state index is 0.0325. The van der Waals surface area contributed by atoms with Gasteiger partial charge in [-0.15, -0.1) is 0 Å². The van der Waals surface area contributed by atoms with E-state index < -0.39 is 5.69 Å². The van der Waals surface area contributed by atoms with Crippen LogP contribution in [-0.4, -0.2) is 27.6 Å². The molecule has 0 unspecified atom stereocenters. The first-order chi connectivity index (χ1) is 9.25. The fourth-order valence-corrected chi connectivity index (χ4v) is 3.16. The number of rotatable bonds is 2. The van der Waals surface area contributed by atoms with Gasteiger partial charge in [0.2, 0.25) is 5.95 Å². The number of nitrogens with one attached hydrogen (secondary N) is 1. The van der Waals surface area contributed by atoms with Crippen molar-refractivity contribution >= 4 is 5.95 Å². The van der Waals surface area contributed by atoms with Crippen molar-refractivity contribution in [3.05, 3.63) is 21.0 Å². The molecule has 2 aliphatic rings. The minimum atomic E-state index is -0.391. The SMILES string of the molecule is O=c1nc(N2CCCC2)[nH]c(=O)n1C1CCCCC1. The summed E-state index contributed by atoms with van der Waals surface area (Å²) < 4.78 is 1.32. The number of aromatic amines is 1. The summed E-state index contributed by atoms with van der Waals surface area (Å²) in [5, 5.41) is 0. The number of H-pyrrole nitrogens is 1. The monoisotopic (exact) mass is 264 g/mol. The molecule has 0 radical (unpaired) electrons. The van der Waals surface area contributed by atoms with Gasteiger partial charge in [0.25, 0.3) is 0 Å². The zero-order valence-corrected chi connectivity index (χ0v) is 11.1. The normalized spacial score (nSPS) is 20.9. The zero-order chi connectivity index (χ0) is 13.2. The fourth-order valence-electron chi connectivity index (χ4n) is 3.16. The molecule has 2 fully saturated rings. The maximum Gasteiger partial charge on any atom is 0.355 e. The Morgan fingerprint density at radius 1 is 1.00 bits per heavy atom. The third kappa shape index (κ3) is 2.43. The summed E-state index contributed by atoms with van der Waals surface area (Å²) in [4.78, 5) is 33.1. The first-order valence-corrected chi connectivity index (χ1v) is 7.23. The molecule has 1 N–H and O–H groups in total. The van der Waals surface area contributed by atoms with Gasteiger partial charge in [0.15, 0.2) is 0 Å². The van der Waals surface area contributed by atoms with Gasteiger partial charge in [-0.1, -0.05) is 19.3 Å². The molecular weight excluding hydrogens is 244 g/mol. The summed E-state index contributed by atoms with van der Waals surface area (Å²) in [5.41, 5.74) is -0.689. The maximum absolute atomic E-state index is 12.2. The maximum atomic E-state index is 12.2. The Bertz CT molecular complexity index is 519. The zero-order valence-electron chi connectivity index (χ0n) is 11.1. The average molecular weight is 264 g/mol. The highest BCUT2D eigenvalue weighted by Gasteiger charge is 2.21. The van der Waals surface area contributed by atoms with Crippen molar-refractivity contribution < 1.29 is 0 Å². The van der Waals surface area contributed by atoms with Crippen LogP contribution < -0.4 is 16.3 Å². The molecule has 3 rings (SSSR count). The van der Waals surface area contributed by atoms with Crippen LogP contribution in [0.5, 0.6) is 0 Å². The highest BCUT2D eigenvalue weighted by molar-refractivity contribution is 5.28. The van der Waals surface area contributed by atoms with Crippen LogP contribution in [0.1, 0.15) is 51.0 Å². The Morgan fingerprint density at radius 2 is 1.68 bits per heavy atom. The van der Waals surface area contributed by atoms with E-state index in [2.05, 4.69) is 9.97 Å². The molecule has 1 aliphatic carbocycles. The van der Waals surface area contributed by atoms with Crippen LogP contribution in [0, 0.1) is 0 Å². The molecule has 6 nitrogen and oxygen atoms in total. The predicted octanol–water partition coefficient (Wildman–Crippen LogP) is 1.04.